The third-order valence-corrected chi connectivity index (χ3v) is 5.15. The van der Waals surface area contributed by atoms with Crippen LogP contribution in [-0.2, 0) is 11.2 Å². The van der Waals surface area contributed by atoms with Crippen LogP contribution in [0, 0.1) is 11.3 Å². The lowest BCUT2D eigenvalue weighted by molar-refractivity contribution is -0.111. The number of hydrogen-bond donors (Lipinski definition) is 1. The molecule has 6 nitrogen and oxygen atoms in total. The van der Waals surface area contributed by atoms with Gasteiger partial charge in [-0.3, -0.25) is 10.1 Å². The molecule has 0 radical (unpaired) electrons. The van der Waals surface area contributed by atoms with Crippen LogP contribution >= 0.6 is 22.9 Å². The highest BCUT2D eigenvalue weighted by atomic mass is 35.5. The van der Waals surface area contributed by atoms with Gasteiger partial charge in [0.15, 0.2) is 23.2 Å². The van der Waals surface area contributed by atoms with Crippen molar-refractivity contribution in [1.82, 2.24) is 4.98 Å². The summed E-state index contributed by atoms with van der Waals surface area (Å²) >= 11 is 7.33. The lowest BCUT2D eigenvalue weighted by Gasteiger charge is -2.08. The van der Waals surface area contributed by atoms with Gasteiger partial charge in [-0.2, -0.15) is 5.26 Å². The SMILES string of the molecule is COc1cc(/C=C/C(=O)Nc2ncc(Cc3ccc(Cl)cc3)s2)ccc1OCC#N. The zero-order valence-electron chi connectivity index (χ0n) is 16.1. The predicted octanol–water partition coefficient (Wildman–Crippen LogP) is 4.95. The average molecular weight is 440 g/mol. The zero-order valence-corrected chi connectivity index (χ0v) is 17.7. The molecule has 0 aliphatic carbocycles. The standard InChI is InChI=1S/C22H18ClN3O3S/c1-28-20-13-16(4-8-19(20)29-11-10-24)5-9-21(27)26-22-25-14-18(30-22)12-15-2-6-17(23)7-3-15/h2-9,13-14H,11-12H2,1H3,(H,25,26,27)/b9-5+. The quantitative estimate of drug-likeness (QED) is 0.502. The molecule has 0 aliphatic heterocycles. The van der Waals surface area contributed by atoms with Gasteiger partial charge in [-0.25, -0.2) is 4.98 Å². The topological polar surface area (TPSA) is 84.2 Å². The number of nitriles is 1. The first-order chi connectivity index (χ1) is 14.6. The molecule has 0 atom stereocenters. The van der Waals surface area contributed by atoms with E-state index in [1.165, 1.54) is 24.5 Å². The summed E-state index contributed by atoms with van der Waals surface area (Å²) < 4.78 is 10.5. The number of benzene rings is 2. The number of carbonyl (C=O) groups excluding carboxylic acids is 1. The van der Waals surface area contributed by atoms with Crippen molar-refractivity contribution < 1.29 is 14.3 Å². The molecule has 0 unspecified atom stereocenters. The number of carbonyl (C=O) groups is 1. The van der Waals surface area contributed by atoms with Gasteiger partial charge in [-0.1, -0.05) is 29.8 Å². The number of thiazole rings is 1. The van der Waals surface area contributed by atoms with E-state index in [1.54, 1.807) is 30.5 Å². The van der Waals surface area contributed by atoms with Gasteiger partial charge in [-0.05, 0) is 41.5 Å². The molecule has 2 aromatic carbocycles. The van der Waals surface area contributed by atoms with Crippen LogP contribution in [-0.4, -0.2) is 24.6 Å². The van der Waals surface area contributed by atoms with Crippen LogP contribution in [0.25, 0.3) is 6.08 Å². The summed E-state index contributed by atoms with van der Waals surface area (Å²) in [5.74, 6) is 0.669. The maximum Gasteiger partial charge on any atom is 0.250 e. The second-order valence-corrected chi connectivity index (χ2v) is 7.67. The molecule has 1 aromatic heterocycles. The molecular weight excluding hydrogens is 422 g/mol. The molecule has 0 aliphatic rings. The van der Waals surface area contributed by atoms with Crippen LogP contribution in [0.15, 0.2) is 54.7 Å². The van der Waals surface area contributed by atoms with Crippen LogP contribution in [0.4, 0.5) is 5.13 Å². The summed E-state index contributed by atoms with van der Waals surface area (Å²) in [7, 11) is 1.51. The van der Waals surface area contributed by atoms with Gasteiger partial charge in [0.1, 0.15) is 6.07 Å². The molecule has 0 bridgehead atoms. The Bertz CT molecular complexity index is 1090. The van der Waals surface area contributed by atoms with Crippen molar-refractivity contribution >= 4 is 40.1 Å². The van der Waals surface area contributed by atoms with E-state index in [4.69, 9.17) is 26.3 Å². The minimum absolute atomic E-state index is 0.0677. The fourth-order valence-corrected chi connectivity index (χ4v) is 3.56. The van der Waals surface area contributed by atoms with Crippen LogP contribution in [0.5, 0.6) is 11.5 Å². The Morgan fingerprint density at radius 1 is 1.27 bits per heavy atom. The van der Waals surface area contributed by atoms with E-state index >= 15 is 0 Å². The largest absolute Gasteiger partial charge is 0.493 e. The number of nitrogens with one attached hydrogen (secondary N) is 1. The summed E-state index contributed by atoms with van der Waals surface area (Å²) in [5.41, 5.74) is 1.88. The molecule has 152 valence electrons. The number of methoxy groups -OCH3 is 1. The smallest absolute Gasteiger partial charge is 0.250 e. The summed E-state index contributed by atoms with van der Waals surface area (Å²) in [6, 6.07) is 14.7. The molecule has 0 saturated carbocycles. The number of ether oxygens (including phenoxy) is 2. The molecule has 8 heteroatoms. The van der Waals surface area contributed by atoms with Crippen molar-refractivity contribution in [3.05, 3.63) is 75.8 Å². The summed E-state index contributed by atoms with van der Waals surface area (Å²) in [5, 5.41) is 12.6. The molecular formula is C22H18ClN3O3S. The molecule has 0 fully saturated rings. The van der Waals surface area contributed by atoms with Crippen LogP contribution in [0.3, 0.4) is 0 Å². The number of aromatic nitrogens is 1. The van der Waals surface area contributed by atoms with E-state index in [2.05, 4.69) is 10.3 Å². The van der Waals surface area contributed by atoms with E-state index in [9.17, 15) is 4.79 Å². The van der Waals surface area contributed by atoms with Gasteiger partial charge in [0.2, 0.25) is 5.91 Å². The van der Waals surface area contributed by atoms with Gasteiger partial charge in [-0.15, -0.1) is 11.3 Å². The van der Waals surface area contributed by atoms with Crippen LogP contribution in [0.1, 0.15) is 16.0 Å². The molecule has 0 saturated heterocycles. The fraction of sp³-hybridized carbons (Fsp3) is 0.136. The average Bonchev–Trinajstić information content (AvgIpc) is 3.19. The number of halogens is 1. The highest BCUT2D eigenvalue weighted by molar-refractivity contribution is 7.15. The van der Waals surface area contributed by atoms with E-state index in [1.807, 2.05) is 30.3 Å². The van der Waals surface area contributed by atoms with Gasteiger partial charge < -0.3 is 9.47 Å². The second kappa shape index (κ2) is 10.4. The summed E-state index contributed by atoms with van der Waals surface area (Å²) in [6.45, 7) is -0.0677. The molecule has 0 spiro atoms. The normalized spacial score (nSPS) is 10.6. The lowest BCUT2D eigenvalue weighted by Crippen LogP contribution is -2.07. The minimum atomic E-state index is -0.286. The molecule has 1 heterocycles. The van der Waals surface area contributed by atoms with Gasteiger partial charge in [0, 0.05) is 28.6 Å². The zero-order chi connectivity index (χ0) is 21.3. The molecule has 3 aromatic rings. The maximum absolute atomic E-state index is 12.2. The fourth-order valence-electron chi connectivity index (χ4n) is 2.59. The van der Waals surface area contributed by atoms with E-state index in [-0.39, 0.29) is 12.5 Å². The summed E-state index contributed by atoms with van der Waals surface area (Å²) in [6.07, 6.45) is 5.56. The van der Waals surface area contributed by atoms with Crippen LogP contribution < -0.4 is 14.8 Å². The highest BCUT2D eigenvalue weighted by Crippen LogP contribution is 2.28. The summed E-state index contributed by atoms with van der Waals surface area (Å²) in [4.78, 5) is 17.5. The molecule has 1 amide bonds. The number of nitrogens with zero attached hydrogens (tertiary/aromatic N) is 2. The van der Waals surface area contributed by atoms with Crippen molar-refractivity contribution in [3.8, 4) is 17.6 Å². The first-order valence-electron chi connectivity index (χ1n) is 8.93. The van der Waals surface area contributed by atoms with E-state index in [0.29, 0.717) is 21.7 Å². The Hall–Kier alpha value is -3.34. The number of hydrogen-bond acceptors (Lipinski definition) is 6. The Morgan fingerprint density at radius 2 is 2.07 bits per heavy atom. The van der Waals surface area contributed by atoms with Crippen LogP contribution in [0.2, 0.25) is 5.02 Å². The Morgan fingerprint density at radius 3 is 2.80 bits per heavy atom. The first-order valence-corrected chi connectivity index (χ1v) is 10.1. The first kappa shape index (κ1) is 21.4. The number of rotatable bonds is 8. The van der Waals surface area contributed by atoms with E-state index < -0.39 is 0 Å². The minimum Gasteiger partial charge on any atom is -0.493 e. The Kier molecular flexibility index (Phi) is 7.44. The van der Waals surface area contributed by atoms with Crippen molar-refractivity contribution in [3.63, 3.8) is 0 Å². The molecule has 3 rings (SSSR count). The number of amides is 1. The van der Waals surface area contributed by atoms with Crippen molar-refractivity contribution in [2.75, 3.05) is 19.0 Å². The van der Waals surface area contributed by atoms with Gasteiger partial charge in [0.25, 0.3) is 0 Å². The second-order valence-electron chi connectivity index (χ2n) is 6.11. The highest BCUT2D eigenvalue weighted by Gasteiger charge is 2.07. The Balaban J connectivity index is 1.59. The van der Waals surface area contributed by atoms with Crippen molar-refractivity contribution in [2.45, 2.75) is 6.42 Å². The molecule has 1 N–H and O–H groups in total. The van der Waals surface area contributed by atoms with Gasteiger partial charge in [0.05, 0.1) is 7.11 Å². The lowest BCUT2D eigenvalue weighted by atomic mass is 10.1. The number of anilines is 1. The van der Waals surface area contributed by atoms with E-state index in [0.717, 1.165) is 22.4 Å². The monoisotopic (exact) mass is 439 g/mol. The predicted molar refractivity (Wildman–Crippen MR) is 118 cm³/mol. The van der Waals surface area contributed by atoms with Crippen molar-refractivity contribution in [1.29, 1.82) is 5.26 Å². The third-order valence-electron chi connectivity index (χ3n) is 3.98. The molecule has 30 heavy (non-hydrogen) atoms. The Labute approximate surface area is 183 Å². The van der Waals surface area contributed by atoms with Gasteiger partial charge >= 0.3 is 0 Å². The van der Waals surface area contributed by atoms with Crippen molar-refractivity contribution in [2.24, 2.45) is 0 Å². The third kappa shape index (κ3) is 6.08. The maximum atomic E-state index is 12.2.